The van der Waals surface area contributed by atoms with Gasteiger partial charge in [0.1, 0.15) is 0 Å². The number of aliphatic hydroxyl groups is 1. The SMILES string of the molecule is C=CC[C@@H](CO)NC(=O)c1cc(N[C@H](C)C(C)C)ccc1Cl. The molecule has 0 spiro atoms. The molecule has 0 saturated carbocycles. The number of hydrogen-bond donors (Lipinski definition) is 3. The van der Waals surface area contributed by atoms with Crippen molar-refractivity contribution >= 4 is 23.2 Å². The molecular weight excluding hydrogens is 300 g/mol. The van der Waals surface area contributed by atoms with Crippen molar-refractivity contribution in [3.63, 3.8) is 0 Å². The van der Waals surface area contributed by atoms with Crippen molar-refractivity contribution in [1.82, 2.24) is 5.32 Å². The first-order valence-electron chi connectivity index (χ1n) is 7.47. The van der Waals surface area contributed by atoms with Crippen LogP contribution in [0.1, 0.15) is 37.6 Å². The third-order valence-corrected chi connectivity index (χ3v) is 3.94. The van der Waals surface area contributed by atoms with Crippen molar-refractivity contribution in [2.75, 3.05) is 11.9 Å². The van der Waals surface area contributed by atoms with Crippen molar-refractivity contribution in [2.45, 2.75) is 39.3 Å². The van der Waals surface area contributed by atoms with Crippen LogP contribution in [0.2, 0.25) is 5.02 Å². The van der Waals surface area contributed by atoms with Gasteiger partial charge < -0.3 is 15.7 Å². The molecule has 0 fully saturated rings. The van der Waals surface area contributed by atoms with Gasteiger partial charge in [0.25, 0.3) is 5.91 Å². The Morgan fingerprint density at radius 1 is 1.41 bits per heavy atom. The molecule has 4 nitrogen and oxygen atoms in total. The van der Waals surface area contributed by atoms with Crippen LogP contribution in [-0.4, -0.2) is 29.7 Å². The van der Waals surface area contributed by atoms with Gasteiger partial charge in [-0.3, -0.25) is 4.79 Å². The highest BCUT2D eigenvalue weighted by Crippen LogP contribution is 2.22. The molecule has 1 amide bonds. The molecule has 22 heavy (non-hydrogen) atoms. The lowest BCUT2D eigenvalue weighted by molar-refractivity contribution is 0.0917. The van der Waals surface area contributed by atoms with Crippen LogP contribution in [0.5, 0.6) is 0 Å². The molecule has 2 atom stereocenters. The molecule has 0 aliphatic rings. The summed E-state index contributed by atoms with van der Waals surface area (Å²) in [6, 6.07) is 5.22. The predicted molar refractivity (Wildman–Crippen MR) is 92.5 cm³/mol. The monoisotopic (exact) mass is 324 g/mol. The molecule has 0 aliphatic heterocycles. The van der Waals surface area contributed by atoms with Crippen molar-refractivity contribution in [3.05, 3.63) is 41.4 Å². The van der Waals surface area contributed by atoms with Crippen LogP contribution < -0.4 is 10.6 Å². The van der Waals surface area contributed by atoms with Gasteiger partial charge in [0.05, 0.1) is 23.2 Å². The van der Waals surface area contributed by atoms with Crippen LogP contribution in [0.3, 0.4) is 0 Å². The van der Waals surface area contributed by atoms with E-state index in [1.54, 1.807) is 18.2 Å². The minimum absolute atomic E-state index is 0.141. The average molecular weight is 325 g/mol. The molecule has 3 N–H and O–H groups in total. The Morgan fingerprint density at radius 3 is 2.64 bits per heavy atom. The van der Waals surface area contributed by atoms with Crippen molar-refractivity contribution in [1.29, 1.82) is 0 Å². The smallest absolute Gasteiger partial charge is 0.253 e. The van der Waals surface area contributed by atoms with E-state index >= 15 is 0 Å². The first-order chi connectivity index (χ1) is 10.4. The lowest BCUT2D eigenvalue weighted by Crippen LogP contribution is -2.37. The van der Waals surface area contributed by atoms with Crippen molar-refractivity contribution < 1.29 is 9.90 Å². The number of aliphatic hydroxyl groups excluding tert-OH is 1. The third-order valence-electron chi connectivity index (χ3n) is 3.61. The van der Waals surface area contributed by atoms with Gasteiger partial charge in [-0.2, -0.15) is 0 Å². The molecule has 0 aliphatic carbocycles. The number of benzene rings is 1. The zero-order valence-electron chi connectivity index (χ0n) is 13.4. The molecule has 0 bridgehead atoms. The standard InChI is InChI=1S/C17H25ClN2O2/c1-5-6-14(10-21)20-17(22)15-9-13(7-8-16(15)18)19-12(4)11(2)3/h5,7-9,11-12,14,19,21H,1,6,10H2,2-4H3,(H,20,22)/t12-,14+/m1/s1. The number of carbonyl (C=O) groups is 1. The Labute approximate surface area is 137 Å². The van der Waals surface area contributed by atoms with Gasteiger partial charge in [0, 0.05) is 11.7 Å². The summed E-state index contributed by atoms with van der Waals surface area (Å²) in [4.78, 5) is 12.3. The quantitative estimate of drug-likeness (QED) is 0.642. The Bertz CT molecular complexity index is 517. The zero-order chi connectivity index (χ0) is 16.7. The van der Waals surface area contributed by atoms with Crippen LogP contribution in [0.4, 0.5) is 5.69 Å². The zero-order valence-corrected chi connectivity index (χ0v) is 14.2. The van der Waals surface area contributed by atoms with E-state index in [0.29, 0.717) is 22.9 Å². The first-order valence-corrected chi connectivity index (χ1v) is 7.85. The third kappa shape index (κ3) is 5.35. The fourth-order valence-electron chi connectivity index (χ4n) is 1.86. The lowest BCUT2D eigenvalue weighted by atomic mass is 10.1. The summed E-state index contributed by atoms with van der Waals surface area (Å²) in [5.41, 5.74) is 1.24. The number of carbonyl (C=O) groups excluding carboxylic acids is 1. The molecule has 1 aromatic carbocycles. The van der Waals surface area contributed by atoms with E-state index < -0.39 is 0 Å². The maximum absolute atomic E-state index is 12.3. The molecule has 0 heterocycles. The minimum Gasteiger partial charge on any atom is -0.394 e. The summed E-state index contributed by atoms with van der Waals surface area (Å²) in [6.45, 7) is 9.81. The van der Waals surface area contributed by atoms with Gasteiger partial charge in [0.2, 0.25) is 0 Å². The van der Waals surface area contributed by atoms with Crippen LogP contribution in [-0.2, 0) is 0 Å². The van der Waals surface area contributed by atoms with E-state index in [1.165, 1.54) is 0 Å². The summed E-state index contributed by atoms with van der Waals surface area (Å²) in [5, 5.41) is 15.7. The number of nitrogens with one attached hydrogen (secondary N) is 2. The van der Waals surface area contributed by atoms with Gasteiger partial charge in [-0.05, 0) is 37.5 Å². The number of rotatable bonds is 8. The van der Waals surface area contributed by atoms with E-state index in [0.717, 1.165) is 5.69 Å². The lowest BCUT2D eigenvalue weighted by Gasteiger charge is -2.20. The maximum Gasteiger partial charge on any atom is 0.253 e. The molecule has 0 unspecified atom stereocenters. The largest absolute Gasteiger partial charge is 0.394 e. The topological polar surface area (TPSA) is 61.4 Å². The Hall–Kier alpha value is -1.52. The maximum atomic E-state index is 12.3. The average Bonchev–Trinajstić information content (AvgIpc) is 2.48. The number of hydrogen-bond acceptors (Lipinski definition) is 3. The minimum atomic E-state index is -0.354. The second kappa shape index (κ2) is 8.81. The molecule has 1 aromatic rings. The summed E-state index contributed by atoms with van der Waals surface area (Å²) in [6.07, 6.45) is 2.16. The number of anilines is 1. The highest BCUT2D eigenvalue weighted by molar-refractivity contribution is 6.34. The van der Waals surface area contributed by atoms with E-state index in [2.05, 4.69) is 38.0 Å². The molecular formula is C17H25ClN2O2. The van der Waals surface area contributed by atoms with E-state index in [9.17, 15) is 9.90 Å². The van der Waals surface area contributed by atoms with Gasteiger partial charge in [-0.25, -0.2) is 0 Å². The van der Waals surface area contributed by atoms with E-state index in [4.69, 9.17) is 11.6 Å². The van der Waals surface area contributed by atoms with E-state index in [-0.39, 0.29) is 24.6 Å². The summed E-state index contributed by atoms with van der Waals surface area (Å²) >= 11 is 6.12. The molecule has 1 rings (SSSR count). The Balaban J connectivity index is 2.89. The van der Waals surface area contributed by atoms with E-state index in [1.807, 2.05) is 6.07 Å². The molecule has 0 saturated heterocycles. The first kappa shape index (κ1) is 18.5. The normalized spacial score (nSPS) is 13.5. The van der Waals surface area contributed by atoms with Gasteiger partial charge in [-0.15, -0.1) is 6.58 Å². The Kier molecular flexibility index (Phi) is 7.42. The van der Waals surface area contributed by atoms with Crippen LogP contribution >= 0.6 is 11.6 Å². The Morgan fingerprint density at radius 2 is 2.09 bits per heavy atom. The molecule has 0 radical (unpaired) electrons. The number of amides is 1. The molecule has 5 heteroatoms. The van der Waals surface area contributed by atoms with Gasteiger partial charge >= 0.3 is 0 Å². The second-order valence-corrected chi connectivity index (χ2v) is 6.16. The summed E-state index contributed by atoms with van der Waals surface area (Å²) < 4.78 is 0. The van der Waals surface area contributed by atoms with Crippen LogP contribution in [0.15, 0.2) is 30.9 Å². The molecule has 122 valence electrons. The summed E-state index contributed by atoms with van der Waals surface area (Å²) in [5.74, 6) is 0.172. The predicted octanol–water partition coefficient (Wildman–Crippen LogP) is 3.46. The fourth-order valence-corrected chi connectivity index (χ4v) is 2.07. The fraction of sp³-hybridized carbons (Fsp3) is 0.471. The highest BCUT2D eigenvalue weighted by atomic mass is 35.5. The van der Waals surface area contributed by atoms with Gasteiger partial charge in [0.15, 0.2) is 0 Å². The van der Waals surface area contributed by atoms with Crippen LogP contribution in [0, 0.1) is 5.92 Å². The van der Waals surface area contributed by atoms with Crippen molar-refractivity contribution in [2.24, 2.45) is 5.92 Å². The van der Waals surface area contributed by atoms with Crippen LogP contribution in [0.25, 0.3) is 0 Å². The van der Waals surface area contributed by atoms with Gasteiger partial charge in [-0.1, -0.05) is 31.5 Å². The molecule has 0 aromatic heterocycles. The highest BCUT2D eigenvalue weighted by Gasteiger charge is 2.16. The number of halogens is 1. The summed E-state index contributed by atoms with van der Waals surface area (Å²) in [7, 11) is 0. The second-order valence-electron chi connectivity index (χ2n) is 5.75. The van der Waals surface area contributed by atoms with Crippen molar-refractivity contribution in [3.8, 4) is 0 Å².